The van der Waals surface area contributed by atoms with E-state index in [4.69, 9.17) is 27.9 Å². The standard InChI is InChI=1S/C33H36Cl2FN5O3/c1-31(2)9-11-32(12-10-31)16-20(23(42)15-18-3-5-24(44-17-18)22-8-14-38-41-22)26(19-7-13-37-28(35)27(19)36)33(32)21-4-6-25(34)39-29(21)40-30(33)43/h4,6-7,13-14,18,20,24,26H,3,5,8-12,15-17H2,1-2H3,(H,39,40,43)/t18-,20-,24-,26-,33+/m0/s1. The monoisotopic (exact) mass is 639 g/mol. The summed E-state index contributed by atoms with van der Waals surface area (Å²) in [7, 11) is 0. The van der Waals surface area contributed by atoms with Crippen LogP contribution < -0.4 is 5.32 Å². The maximum Gasteiger partial charge on any atom is 0.237 e. The number of ketones is 1. The molecule has 11 heteroatoms. The van der Waals surface area contributed by atoms with E-state index in [0.29, 0.717) is 37.3 Å². The highest BCUT2D eigenvalue weighted by atomic mass is 35.5. The first-order valence-corrected chi connectivity index (χ1v) is 16.3. The average molecular weight is 641 g/mol. The molecule has 3 aliphatic heterocycles. The van der Waals surface area contributed by atoms with Gasteiger partial charge in [0.05, 0.1) is 23.8 Å². The van der Waals surface area contributed by atoms with Crippen LogP contribution in [0.5, 0.6) is 0 Å². The highest BCUT2D eigenvalue weighted by Gasteiger charge is 2.72. The van der Waals surface area contributed by atoms with Crippen molar-refractivity contribution in [1.82, 2.24) is 9.97 Å². The zero-order valence-corrected chi connectivity index (χ0v) is 26.4. The quantitative estimate of drug-likeness (QED) is 0.352. The summed E-state index contributed by atoms with van der Waals surface area (Å²) in [6.07, 6.45) is 9.45. The van der Waals surface area contributed by atoms with Crippen LogP contribution in [0.2, 0.25) is 10.3 Å². The fourth-order valence-corrected chi connectivity index (χ4v) is 9.23. The van der Waals surface area contributed by atoms with Crippen LogP contribution in [0.4, 0.5) is 10.2 Å². The minimum atomic E-state index is -1.23. The molecule has 5 heterocycles. The van der Waals surface area contributed by atoms with E-state index in [1.165, 1.54) is 6.20 Å². The zero-order chi connectivity index (χ0) is 30.9. The van der Waals surface area contributed by atoms with Gasteiger partial charge in [-0.2, -0.15) is 10.2 Å². The fraction of sp³-hybridized carbons (Fsp3) is 0.576. The fourth-order valence-electron chi connectivity index (χ4n) is 8.92. The van der Waals surface area contributed by atoms with Gasteiger partial charge in [-0.05, 0) is 79.4 Å². The van der Waals surface area contributed by atoms with Crippen LogP contribution in [0.15, 0.2) is 34.6 Å². The van der Waals surface area contributed by atoms with Crippen LogP contribution >= 0.6 is 23.2 Å². The van der Waals surface area contributed by atoms with Gasteiger partial charge in [-0.15, -0.1) is 0 Å². The van der Waals surface area contributed by atoms with Gasteiger partial charge < -0.3 is 10.1 Å². The van der Waals surface area contributed by atoms with Crippen molar-refractivity contribution in [3.63, 3.8) is 0 Å². The number of Topliss-reactive ketones (excluding diaryl/α,β-unsaturated/α-hetero) is 1. The van der Waals surface area contributed by atoms with Crippen LogP contribution in [0.3, 0.4) is 0 Å². The normalized spacial score (nSPS) is 31.8. The van der Waals surface area contributed by atoms with Crippen molar-refractivity contribution in [2.45, 2.75) is 89.1 Å². The molecule has 2 aromatic rings. The molecular formula is C33H36Cl2FN5O3. The molecule has 8 nitrogen and oxygen atoms in total. The average Bonchev–Trinajstić information content (AvgIpc) is 3.70. The van der Waals surface area contributed by atoms with Gasteiger partial charge in [0.2, 0.25) is 5.91 Å². The summed E-state index contributed by atoms with van der Waals surface area (Å²) in [6, 6.07) is 5.11. The number of ether oxygens (including phenoxy) is 1. The van der Waals surface area contributed by atoms with Crippen LogP contribution in [0.1, 0.15) is 88.7 Å². The molecule has 5 atom stereocenters. The van der Waals surface area contributed by atoms with Crippen molar-refractivity contribution < 1.29 is 18.7 Å². The summed E-state index contributed by atoms with van der Waals surface area (Å²) in [5, 5.41) is 11.1. The zero-order valence-electron chi connectivity index (χ0n) is 24.9. The van der Waals surface area contributed by atoms with Crippen molar-refractivity contribution in [1.29, 1.82) is 0 Å². The van der Waals surface area contributed by atoms with Crippen molar-refractivity contribution >= 4 is 52.6 Å². The molecule has 44 heavy (non-hydrogen) atoms. The number of aromatic nitrogens is 2. The van der Waals surface area contributed by atoms with Crippen molar-refractivity contribution in [3.05, 3.63) is 51.6 Å². The number of carbonyl (C=O) groups is 2. The lowest BCUT2D eigenvalue weighted by Gasteiger charge is -2.50. The third kappa shape index (κ3) is 4.64. The summed E-state index contributed by atoms with van der Waals surface area (Å²) >= 11 is 12.6. The Labute approximate surface area is 266 Å². The number of nitrogens with zero attached hydrogens (tertiary/aromatic N) is 4. The van der Waals surface area contributed by atoms with E-state index < -0.39 is 28.5 Å². The predicted octanol–water partition coefficient (Wildman–Crippen LogP) is 7.09. The van der Waals surface area contributed by atoms with Gasteiger partial charge in [-0.3, -0.25) is 9.59 Å². The molecule has 0 radical (unpaired) electrons. The first-order chi connectivity index (χ1) is 21.0. The smallest absolute Gasteiger partial charge is 0.237 e. The van der Waals surface area contributed by atoms with E-state index in [9.17, 15) is 9.59 Å². The van der Waals surface area contributed by atoms with E-state index in [2.05, 4.69) is 39.3 Å². The number of halogens is 3. The van der Waals surface area contributed by atoms with Gasteiger partial charge in [-0.25, -0.2) is 14.4 Å². The molecule has 0 aromatic carbocycles. The number of amides is 1. The van der Waals surface area contributed by atoms with E-state index >= 15 is 4.39 Å². The summed E-state index contributed by atoms with van der Waals surface area (Å²) in [5.41, 5.74) is 0.145. The van der Waals surface area contributed by atoms with E-state index in [1.807, 2.05) is 6.07 Å². The Morgan fingerprint density at radius 3 is 2.64 bits per heavy atom. The highest BCUT2D eigenvalue weighted by Crippen LogP contribution is 2.72. The maximum atomic E-state index is 16.1. The summed E-state index contributed by atoms with van der Waals surface area (Å²) in [6.45, 7) is 4.93. The Morgan fingerprint density at radius 1 is 1.14 bits per heavy atom. The molecule has 2 spiro atoms. The summed E-state index contributed by atoms with van der Waals surface area (Å²) in [4.78, 5) is 37.6. The van der Waals surface area contributed by atoms with Crippen LogP contribution in [-0.4, -0.2) is 46.3 Å². The number of hydrogen-bond donors (Lipinski definition) is 1. The lowest BCUT2D eigenvalue weighted by atomic mass is 9.51. The molecule has 2 aromatic heterocycles. The van der Waals surface area contributed by atoms with E-state index in [0.717, 1.165) is 44.2 Å². The molecule has 5 aliphatic rings. The summed E-state index contributed by atoms with van der Waals surface area (Å²) < 4.78 is 22.3. The van der Waals surface area contributed by atoms with Gasteiger partial charge in [0.25, 0.3) is 0 Å². The number of hydrogen-bond acceptors (Lipinski definition) is 7. The molecule has 0 bridgehead atoms. The Morgan fingerprint density at radius 2 is 1.93 bits per heavy atom. The van der Waals surface area contributed by atoms with Crippen molar-refractivity contribution in [3.8, 4) is 0 Å². The minimum absolute atomic E-state index is 0.0242. The van der Waals surface area contributed by atoms with Crippen molar-refractivity contribution in [2.24, 2.45) is 32.9 Å². The van der Waals surface area contributed by atoms with Gasteiger partial charge in [-0.1, -0.05) is 43.1 Å². The largest absolute Gasteiger partial charge is 0.372 e. The van der Waals surface area contributed by atoms with E-state index in [-0.39, 0.29) is 45.0 Å². The number of fused-ring (bicyclic) bond motifs is 3. The second-order valence-electron chi connectivity index (χ2n) is 14.1. The van der Waals surface area contributed by atoms with Gasteiger partial charge in [0.1, 0.15) is 16.8 Å². The first kappa shape index (κ1) is 29.9. The number of anilines is 1. The molecule has 7 rings (SSSR count). The highest BCUT2D eigenvalue weighted by molar-refractivity contribution is 6.30. The molecule has 0 unspecified atom stereocenters. The van der Waals surface area contributed by atoms with Gasteiger partial charge >= 0.3 is 0 Å². The molecule has 1 amide bonds. The molecule has 232 valence electrons. The van der Waals surface area contributed by atoms with Crippen LogP contribution in [-0.2, 0) is 19.7 Å². The Hall–Kier alpha value is -2.75. The molecular weight excluding hydrogens is 604 g/mol. The second kappa shape index (κ2) is 11.0. The number of carbonyl (C=O) groups excluding carboxylic acids is 2. The third-order valence-corrected chi connectivity index (χ3v) is 11.7. The van der Waals surface area contributed by atoms with Crippen LogP contribution in [0, 0.1) is 28.5 Å². The molecule has 2 saturated carbocycles. The lowest BCUT2D eigenvalue weighted by molar-refractivity contribution is -0.127. The Balaban J connectivity index is 1.31. The molecule has 1 saturated heterocycles. The SMILES string of the molecule is CC1(C)CCC2(CC1)C[C@@H](C(=O)C[C@@H]1CC[C@@H](C3=NN=CC3)OC1)[C@H](c1ccnc(Cl)c1F)[C@]21C(=O)Nc2nc(Cl)ccc21. The maximum absolute atomic E-state index is 16.1. The van der Waals surface area contributed by atoms with Crippen molar-refractivity contribution in [2.75, 3.05) is 11.9 Å². The first-order valence-electron chi connectivity index (χ1n) is 15.6. The molecule has 2 aliphatic carbocycles. The summed E-state index contributed by atoms with van der Waals surface area (Å²) in [5.74, 6) is -1.90. The lowest BCUT2D eigenvalue weighted by Crippen LogP contribution is -2.52. The second-order valence-corrected chi connectivity index (χ2v) is 14.8. The van der Waals surface area contributed by atoms with Crippen LogP contribution in [0.25, 0.3) is 0 Å². The van der Waals surface area contributed by atoms with Gasteiger partial charge in [0, 0.05) is 42.7 Å². The Kier molecular flexibility index (Phi) is 7.45. The number of nitrogens with one attached hydrogen (secondary N) is 1. The predicted molar refractivity (Wildman–Crippen MR) is 167 cm³/mol. The van der Waals surface area contributed by atoms with E-state index in [1.54, 1.807) is 18.3 Å². The third-order valence-electron chi connectivity index (χ3n) is 11.2. The topological polar surface area (TPSA) is 106 Å². The minimum Gasteiger partial charge on any atom is -0.372 e. The van der Waals surface area contributed by atoms with Gasteiger partial charge in [0.15, 0.2) is 11.0 Å². The molecule has 1 N–H and O–H groups in total. The number of rotatable bonds is 5. The Bertz CT molecular complexity index is 1580. The molecule has 3 fully saturated rings. The number of pyridine rings is 2.